The maximum atomic E-state index is 12.8. The molecule has 4 aromatic rings. The van der Waals surface area contributed by atoms with E-state index in [1.165, 1.54) is 17.5 Å². The molecule has 0 aliphatic rings. The normalized spacial score (nSPS) is 11.0. The van der Waals surface area contributed by atoms with E-state index in [1.807, 2.05) is 37.3 Å². The smallest absolute Gasteiger partial charge is 0.343 e. The molecule has 0 aliphatic heterocycles. The second-order valence-electron chi connectivity index (χ2n) is 7.12. The molecule has 0 bridgehead atoms. The highest BCUT2D eigenvalue weighted by Crippen LogP contribution is 2.31. The van der Waals surface area contributed by atoms with Gasteiger partial charge >= 0.3 is 12.0 Å². The number of esters is 1. The summed E-state index contributed by atoms with van der Waals surface area (Å²) in [5, 5.41) is 6.39. The Morgan fingerprint density at radius 2 is 1.88 bits per heavy atom. The molecule has 0 atom stereocenters. The first-order chi connectivity index (χ1) is 15.4. The van der Waals surface area contributed by atoms with Gasteiger partial charge in [0.15, 0.2) is 5.13 Å². The number of hydrogen-bond donors (Lipinski definition) is 2. The molecule has 0 radical (unpaired) electrons. The zero-order valence-corrected chi connectivity index (χ0v) is 18.7. The SMILES string of the molecule is CCNC(=O)Nc1nc2cc(-c3ccc4c(=O)c(C(=O)OCC)cn(C)c4c3)ccc2s1. The van der Waals surface area contributed by atoms with Gasteiger partial charge in [0.25, 0.3) is 0 Å². The molecule has 2 N–H and O–H groups in total. The van der Waals surface area contributed by atoms with Gasteiger partial charge in [-0.3, -0.25) is 10.1 Å². The van der Waals surface area contributed by atoms with Gasteiger partial charge < -0.3 is 14.6 Å². The number of aryl methyl sites for hydroxylation is 1. The van der Waals surface area contributed by atoms with Gasteiger partial charge in [-0.05, 0) is 49.2 Å². The van der Waals surface area contributed by atoms with Crippen molar-refractivity contribution in [2.45, 2.75) is 13.8 Å². The van der Waals surface area contributed by atoms with Crippen molar-refractivity contribution in [1.82, 2.24) is 14.9 Å². The first-order valence-corrected chi connectivity index (χ1v) is 11.0. The van der Waals surface area contributed by atoms with Gasteiger partial charge in [0.05, 0.1) is 22.3 Å². The number of amides is 2. The Bertz CT molecular complexity index is 1410. The van der Waals surface area contributed by atoms with Gasteiger partial charge in [0, 0.05) is 25.2 Å². The summed E-state index contributed by atoms with van der Waals surface area (Å²) in [5.41, 5.74) is 2.98. The van der Waals surface area contributed by atoms with Crippen molar-refractivity contribution in [2.24, 2.45) is 7.05 Å². The minimum absolute atomic E-state index is 0.0191. The first kappa shape index (κ1) is 21.5. The van der Waals surface area contributed by atoms with Crippen molar-refractivity contribution in [3.8, 4) is 11.1 Å². The number of carbonyl (C=O) groups is 2. The van der Waals surface area contributed by atoms with Crippen molar-refractivity contribution in [3.05, 3.63) is 58.4 Å². The molecule has 2 aromatic carbocycles. The Morgan fingerprint density at radius 1 is 1.12 bits per heavy atom. The van der Waals surface area contributed by atoms with Crippen LogP contribution in [0.25, 0.3) is 32.2 Å². The number of pyridine rings is 1. The van der Waals surface area contributed by atoms with Crippen LogP contribution < -0.4 is 16.1 Å². The molecule has 9 heteroatoms. The quantitative estimate of drug-likeness (QED) is 0.445. The molecule has 0 spiro atoms. The molecular formula is C23H22N4O4S. The van der Waals surface area contributed by atoms with E-state index >= 15 is 0 Å². The minimum Gasteiger partial charge on any atom is -0.462 e. The summed E-state index contributed by atoms with van der Waals surface area (Å²) in [4.78, 5) is 41.2. The molecule has 2 heterocycles. The number of hydrogen-bond acceptors (Lipinski definition) is 6. The number of nitrogens with zero attached hydrogens (tertiary/aromatic N) is 2. The van der Waals surface area contributed by atoms with Crippen LogP contribution in [0.4, 0.5) is 9.93 Å². The number of carbonyl (C=O) groups excluding carboxylic acids is 2. The highest BCUT2D eigenvalue weighted by Gasteiger charge is 2.16. The van der Waals surface area contributed by atoms with E-state index < -0.39 is 5.97 Å². The highest BCUT2D eigenvalue weighted by molar-refractivity contribution is 7.22. The van der Waals surface area contributed by atoms with Crippen LogP contribution in [0.1, 0.15) is 24.2 Å². The summed E-state index contributed by atoms with van der Waals surface area (Å²) in [6.07, 6.45) is 1.51. The number of rotatable bonds is 5. The third-order valence-electron chi connectivity index (χ3n) is 4.96. The van der Waals surface area contributed by atoms with E-state index in [2.05, 4.69) is 15.6 Å². The second kappa shape index (κ2) is 8.80. The Kier molecular flexibility index (Phi) is 5.91. The Labute approximate surface area is 187 Å². The average molecular weight is 451 g/mol. The number of urea groups is 1. The zero-order valence-electron chi connectivity index (χ0n) is 17.9. The fourth-order valence-electron chi connectivity index (χ4n) is 3.48. The lowest BCUT2D eigenvalue weighted by atomic mass is 10.0. The second-order valence-corrected chi connectivity index (χ2v) is 8.15. The molecule has 2 aromatic heterocycles. The summed E-state index contributed by atoms with van der Waals surface area (Å²) >= 11 is 1.40. The Morgan fingerprint density at radius 3 is 2.62 bits per heavy atom. The molecular weight excluding hydrogens is 428 g/mol. The number of thiazole rings is 1. The molecule has 2 amide bonds. The van der Waals surface area contributed by atoms with Crippen LogP contribution in [0.3, 0.4) is 0 Å². The molecule has 0 fully saturated rings. The predicted octanol–water partition coefficient (Wildman–Crippen LogP) is 4.13. The highest BCUT2D eigenvalue weighted by atomic mass is 32.1. The van der Waals surface area contributed by atoms with Gasteiger partial charge in [-0.1, -0.05) is 23.5 Å². The average Bonchev–Trinajstić information content (AvgIpc) is 3.17. The van der Waals surface area contributed by atoms with E-state index in [4.69, 9.17) is 4.74 Å². The van der Waals surface area contributed by atoms with E-state index in [1.54, 1.807) is 24.6 Å². The fraction of sp³-hybridized carbons (Fsp3) is 0.217. The molecule has 4 rings (SSSR count). The topological polar surface area (TPSA) is 102 Å². The van der Waals surface area contributed by atoms with Crippen molar-refractivity contribution in [2.75, 3.05) is 18.5 Å². The zero-order chi connectivity index (χ0) is 22.8. The van der Waals surface area contributed by atoms with Crippen molar-refractivity contribution < 1.29 is 14.3 Å². The van der Waals surface area contributed by atoms with Gasteiger partial charge in [-0.15, -0.1) is 0 Å². The molecule has 0 aliphatic carbocycles. The van der Waals surface area contributed by atoms with Crippen LogP contribution in [0, 0.1) is 0 Å². The third kappa shape index (κ3) is 4.06. The summed E-state index contributed by atoms with van der Waals surface area (Å²) in [7, 11) is 1.79. The van der Waals surface area contributed by atoms with E-state index in [0.717, 1.165) is 21.3 Å². The maximum absolute atomic E-state index is 12.8. The van der Waals surface area contributed by atoms with Gasteiger partial charge in [0.1, 0.15) is 5.56 Å². The first-order valence-electron chi connectivity index (χ1n) is 10.2. The maximum Gasteiger partial charge on any atom is 0.343 e. The van der Waals surface area contributed by atoms with Gasteiger partial charge in [0.2, 0.25) is 5.43 Å². The van der Waals surface area contributed by atoms with Crippen molar-refractivity contribution >= 4 is 49.6 Å². The van der Waals surface area contributed by atoms with Crippen molar-refractivity contribution in [3.63, 3.8) is 0 Å². The standard InChI is InChI=1S/C23H22N4O4S/c1-4-24-22(30)26-23-25-17-10-13(7-9-19(17)32-23)14-6-8-15-18(11-14)27(3)12-16(20(15)28)21(29)31-5-2/h6-12H,4-5H2,1-3H3,(H2,24,25,26,30). The number of fused-ring (bicyclic) bond motifs is 2. The summed E-state index contributed by atoms with van der Waals surface area (Å²) in [6, 6.07) is 11.1. The van der Waals surface area contributed by atoms with Gasteiger partial charge in [-0.25, -0.2) is 14.6 Å². The lowest BCUT2D eigenvalue weighted by Gasteiger charge is -2.10. The summed E-state index contributed by atoms with van der Waals surface area (Å²) < 4.78 is 7.70. The molecule has 32 heavy (non-hydrogen) atoms. The Hall–Kier alpha value is -3.72. The number of nitrogens with one attached hydrogen (secondary N) is 2. The predicted molar refractivity (Wildman–Crippen MR) is 126 cm³/mol. The summed E-state index contributed by atoms with van der Waals surface area (Å²) in [5.74, 6) is -0.620. The Balaban J connectivity index is 1.72. The minimum atomic E-state index is -0.620. The monoisotopic (exact) mass is 450 g/mol. The van der Waals surface area contributed by atoms with Crippen LogP contribution in [0.15, 0.2) is 47.4 Å². The largest absolute Gasteiger partial charge is 0.462 e. The lowest BCUT2D eigenvalue weighted by Crippen LogP contribution is -2.28. The van der Waals surface area contributed by atoms with Crippen LogP contribution in [-0.4, -0.2) is 34.7 Å². The van der Waals surface area contributed by atoms with Gasteiger partial charge in [-0.2, -0.15) is 0 Å². The van der Waals surface area contributed by atoms with Crippen LogP contribution in [0.5, 0.6) is 0 Å². The molecule has 0 unspecified atom stereocenters. The molecule has 0 saturated carbocycles. The molecule has 8 nitrogen and oxygen atoms in total. The molecule has 164 valence electrons. The number of benzene rings is 2. The van der Waals surface area contributed by atoms with Crippen LogP contribution in [-0.2, 0) is 11.8 Å². The lowest BCUT2D eigenvalue weighted by molar-refractivity contribution is 0.0524. The number of ether oxygens (including phenoxy) is 1. The van der Waals surface area contributed by atoms with E-state index in [9.17, 15) is 14.4 Å². The van der Waals surface area contributed by atoms with E-state index in [-0.39, 0.29) is 23.6 Å². The number of aromatic nitrogens is 2. The fourth-order valence-corrected chi connectivity index (χ4v) is 4.32. The third-order valence-corrected chi connectivity index (χ3v) is 5.92. The van der Waals surface area contributed by atoms with Crippen molar-refractivity contribution in [1.29, 1.82) is 0 Å². The summed E-state index contributed by atoms with van der Waals surface area (Å²) in [6.45, 7) is 4.29. The molecule has 0 saturated heterocycles. The number of anilines is 1. The van der Waals surface area contributed by atoms with Crippen LogP contribution >= 0.6 is 11.3 Å². The van der Waals surface area contributed by atoms with Crippen LogP contribution in [0.2, 0.25) is 0 Å². The van der Waals surface area contributed by atoms with E-state index in [0.29, 0.717) is 22.6 Å².